The Morgan fingerprint density at radius 2 is 1.10 bits per heavy atom. The molecule has 7 aromatic carbocycles. The van der Waals surface area contributed by atoms with Crippen LogP contribution in [0.2, 0.25) is 0 Å². The number of para-hydroxylation sites is 1. The molecule has 0 saturated heterocycles. The number of hydrogen-bond acceptors (Lipinski definition) is 3. The molecule has 0 atom stereocenters. The quantitative estimate of drug-likeness (QED) is 0.170. The molecular formula is C46H29GeN3S. The molecule has 0 radical (unpaired) electrons. The third kappa shape index (κ3) is 4.06. The Hall–Kier alpha value is -5.82. The van der Waals surface area contributed by atoms with Gasteiger partial charge in [-0.05, 0) is 0 Å². The Morgan fingerprint density at radius 3 is 1.86 bits per heavy atom. The van der Waals surface area contributed by atoms with Crippen molar-refractivity contribution < 1.29 is 0 Å². The van der Waals surface area contributed by atoms with Gasteiger partial charge >= 0.3 is 303 Å². The summed E-state index contributed by atoms with van der Waals surface area (Å²) in [4.78, 5) is 11.5. The molecule has 0 amide bonds. The molecule has 1 aliphatic heterocycles. The summed E-state index contributed by atoms with van der Waals surface area (Å²) in [5, 5.41) is 5.02. The van der Waals surface area contributed by atoms with Gasteiger partial charge in [-0.1, -0.05) is 0 Å². The van der Waals surface area contributed by atoms with E-state index in [0.717, 1.165) is 22.3 Å². The van der Waals surface area contributed by atoms with Crippen molar-refractivity contribution in [1.82, 2.24) is 14.5 Å². The van der Waals surface area contributed by atoms with Gasteiger partial charge in [0.05, 0.1) is 0 Å². The fourth-order valence-corrected chi connectivity index (χ4v) is 20.2. The summed E-state index contributed by atoms with van der Waals surface area (Å²) >= 11 is -1.83. The second kappa shape index (κ2) is 11.1. The number of nitrogens with zero attached hydrogens (tertiary/aromatic N) is 3. The van der Waals surface area contributed by atoms with Crippen LogP contribution >= 0.6 is 11.3 Å². The van der Waals surface area contributed by atoms with Gasteiger partial charge in [-0.15, -0.1) is 0 Å². The summed E-state index contributed by atoms with van der Waals surface area (Å²) in [6.07, 6.45) is 0. The molecule has 0 unspecified atom stereocenters. The van der Waals surface area contributed by atoms with Crippen molar-refractivity contribution in [3.8, 4) is 28.3 Å². The van der Waals surface area contributed by atoms with Gasteiger partial charge < -0.3 is 0 Å². The molecule has 0 spiro atoms. The zero-order valence-corrected chi connectivity index (χ0v) is 30.4. The predicted octanol–water partition coefficient (Wildman–Crippen LogP) is 8.97. The van der Waals surface area contributed by atoms with E-state index < -0.39 is 13.3 Å². The van der Waals surface area contributed by atoms with Crippen molar-refractivity contribution in [3.05, 3.63) is 176 Å². The van der Waals surface area contributed by atoms with Crippen LogP contribution in [-0.4, -0.2) is 27.8 Å². The van der Waals surface area contributed by atoms with Gasteiger partial charge in [0.15, 0.2) is 0 Å². The Labute approximate surface area is 301 Å². The van der Waals surface area contributed by atoms with E-state index in [2.05, 4.69) is 180 Å². The third-order valence-corrected chi connectivity index (χ3v) is 21.7. The minimum absolute atomic E-state index is 0.717. The van der Waals surface area contributed by atoms with Crippen molar-refractivity contribution in [3.63, 3.8) is 0 Å². The number of aromatic nitrogens is 3. The Balaban J connectivity index is 1.32. The van der Waals surface area contributed by atoms with E-state index in [-0.39, 0.29) is 0 Å². The van der Waals surface area contributed by atoms with Crippen LogP contribution in [0, 0.1) is 0 Å². The maximum atomic E-state index is 5.86. The molecule has 11 rings (SSSR count). The Morgan fingerprint density at radius 1 is 0.471 bits per heavy atom. The molecule has 0 saturated carbocycles. The van der Waals surface area contributed by atoms with Crippen LogP contribution in [0.15, 0.2) is 176 Å². The normalized spacial score (nSPS) is 13.3. The summed E-state index contributed by atoms with van der Waals surface area (Å²) in [5.74, 6) is 0.717. The Kier molecular flexibility index (Phi) is 6.30. The molecule has 5 heteroatoms. The first kappa shape index (κ1) is 29.0. The summed E-state index contributed by atoms with van der Waals surface area (Å²) in [6, 6.07) is 64.3. The number of benzene rings is 7. The molecule has 0 fully saturated rings. The zero-order valence-electron chi connectivity index (χ0n) is 27.5. The molecule has 1 aliphatic rings. The van der Waals surface area contributed by atoms with E-state index in [1.807, 2.05) is 11.3 Å². The van der Waals surface area contributed by atoms with Crippen molar-refractivity contribution in [1.29, 1.82) is 0 Å². The average Bonchev–Trinajstić information content (AvgIpc) is 3.83. The van der Waals surface area contributed by atoms with Crippen LogP contribution in [0.5, 0.6) is 0 Å². The third-order valence-electron chi connectivity index (χ3n) is 10.7. The SMILES string of the molecule is c1ccc(-c2nc(-n3c4ccccc4c4cc5c(cc43)sc3ccccc35)n[c]3c2-c2cccc[c]2[Ge]3([c]2ccccc2)[c]2ccccc2)cc1. The van der Waals surface area contributed by atoms with Gasteiger partial charge in [-0.3, -0.25) is 0 Å². The van der Waals surface area contributed by atoms with Crippen LogP contribution in [0.3, 0.4) is 0 Å². The van der Waals surface area contributed by atoms with Gasteiger partial charge in [0.2, 0.25) is 0 Å². The number of fused-ring (bicyclic) bond motifs is 9. The van der Waals surface area contributed by atoms with Gasteiger partial charge in [0, 0.05) is 0 Å². The molecule has 3 aromatic heterocycles. The molecule has 0 aliphatic carbocycles. The first-order chi connectivity index (χ1) is 25.3. The van der Waals surface area contributed by atoms with E-state index >= 15 is 0 Å². The van der Waals surface area contributed by atoms with Crippen LogP contribution in [0.1, 0.15) is 0 Å². The van der Waals surface area contributed by atoms with Crippen LogP contribution in [0.25, 0.3) is 70.3 Å². The summed E-state index contributed by atoms with van der Waals surface area (Å²) in [5.41, 5.74) is 6.74. The fourth-order valence-electron chi connectivity index (χ4n) is 8.57. The van der Waals surface area contributed by atoms with E-state index in [0.29, 0.717) is 5.95 Å². The summed E-state index contributed by atoms with van der Waals surface area (Å²) in [6.45, 7) is 0. The monoisotopic (exact) mass is 729 g/mol. The number of rotatable bonds is 4. The topological polar surface area (TPSA) is 30.7 Å². The second-order valence-electron chi connectivity index (χ2n) is 13.3. The van der Waals surface area contributed by atoms with Crippen LogP contribution in [0.4, 0.5) is 0 Å². The van der Waals surface area contributed by atoms with E-state index in [9.17, 15) is 0 Å². The Bertz CT molecular complexity index is 2930. The summed E-state index contributed by atoms with van der Waals surface area (Å²) < 4.78 is 10.2. The van der Waals surface area contributed by atoms with E-state index in [4.69, 9.17) is 9.97 Å². The van der Waals surface area contributed by atoms with Gasteiger partial charge in [0.25, 0.3) is 0 Å². The fraction of sp³-hybridized carbons (Fsp3) is 0. The number of hydrogen-bond donors (Lipinski definition) is 0. The molecule has 0 N–H and O–H groups in total. The molecule has 238 valence electrons. The molecule has 51 heavy (non-hydrogen) atoms. The van der Waals surface area contributed by atoms with Gasteiger partial charge in [-0.2, -0.15) is 0 Å². The van der Waals surface area contributed by atoms with Crippen molar-refractivity contribution >= 4 is 84.3 Å². The first-order valence-electron chi connectivity index (χ1n) is 17.3. The van der Waals surface area contributed by atoms with Crippen LogP contribution in [-0.2, 0) is 0 Å². The minimum atomic E-state index is -3.68. The molecule has 4 heterocycles. The number of thiophene rings is 1. The summed E-state index contributed by atoms with van der Waals surface area (Å²) in [7, 11) is 0. The zero-order chi connectivity index (χ0) is 33.5. The second-order valence-corrected chi connectivity index (χ2v) is 22.1. The predicted molar refractivity (Wildman–Crippen MR) is 217 cm³/mol. The first-order valence-corrected chi connectivity index (χ1v) is 22.4. The average molecular weight is 728 g/mol. The van der Waals surface area contributed by atoms with Crippen molar-refractivity contribution in [2.75, 3.05) is 0 Å². The van der Waals surface area contributed by atoms with Gasteiger partial charge in [0.1, 0.15) is 0 Å². The van der Waals surface area contributed by atoms with Crippen molar-refractivity contribution in [2.45, 2.75) is 0 Å². The maximum absolute atomic E-state index is 5.86. The van der Waals surface area contributed by atoms with Crippen LogP contribution < -0.4 is 17.7 Å². The molecule has 0 bridgehead atoms. The van der Waals surface area contributed by atoms with Crippen molar-refractivity contribution in [2.24, 2.45) is 0 Å². The molecule has 10 aromatic rings. The molecule has 3 nitrogen and oxygen atoms in total. The van der Waals surface area contributed by atoms with E-state index in [1.165, 1.54) is 59.8 Å². The van der Waals surface area contributed by atoms with E-state index in [1.54, 1.807) is 0 Å². The van der Waals surface area contributed by atoms with Gasteiger partial charge in [-0.25, -0.2) is 0 Å². The molecular weight excluding hydrogens is 699 g/mol. The standard InChI is InChI=1S/C46H29GeN3S/c1-4-16-30(17-5-1)44-43-35-24-10-13-25-38(35)47(31-18-6-2-7-19-31,32-20-8-3-9-21-32)45(43)49-46(48-44)50-39-26-14-11-22-33(39)36-28-37-34-23-12-15-27-41(34)51-42(37)29-40(36)50/h1-29H.